The standard InChI is InChI=1S/C29H31FN4O3/c1-19-4-10-25(11-5-19)36-18-27-31-28(32-37-27)23-12-14-33(15-13-23)29(35)26-16-20(2)34(21(26)3)17-22-6-8-24(30)9-7-22/h4-11,16,23H,12-15,17-18H2,1-3H3. The van der Waals surface area contributed by atoms with Crippen molar-refractivity contribution in [2.45, 2.75) is 52.7 Å². The molecule has 2 aromatic heterocycles. The minimum absolute atomic E-state index is 0.0391. The Kier molecular flexibility index (Phi) is 7.08. The summed E-state index contributed by atoms with van der Waals surface area (Å²) in [5, 5.41) is 4.17. The number of amides is 1. The molecular formula is C29H31FN4O3. The zero-order chi connectivity index (χ0) is 25.9. The quantitative estimate of drug-likeness (QED) is 0.330. The van der Waals surface area contributed by atoms with Gasteiger partial charge in [-0.25, -0.2) is 4.39 Å². The predicted octanol–water partition coefficient (Wildman–Crippen LogP) is 5.58. The molecule has 1 saturated heterocycles. The first-order valence-corrected chi connectivity index (χ1v) is 12.6. The molecule has 7 nitrogen and oxygen atoms in total. The van der Waals surface area contributed by atoms with Gasteiger partial charge in [0.1, 0.15) is 11.6 Å². The molecule has 1 amide bonds. The molecule has 5 rings (SSSR count). The van der Waals surface area contributed by atoms with Crippen LogP contribution in [0.4, 0.5) is 4.39 Å². The van der Waals surface area contributed by atoms with Gasteiger partial charge < -0.3 is 18.7 Å². The van der Waals surface area contributed by atoms with Gasteiger partial charge in [0.2, 0.25) is 0 Å². The minimum atomic E-state index is -0.253. The largest absolute Gasteiger partial charge is 0.484 e. The molecular weight excluding hydrogens is 471 g/mol. The summed E-state index contributed by atoms with van der Waals surface area (Å²) in [5.74, 6) is 1.81. The molecule has 0 unspecified atom stereocenters. The molecule has 1 aliphatic rings. The van der Waals surface area contributed by atoms with Gasteiger partial charge in [0.05, 0.1) is 5.56 Å². The average Bonchev–Trinajstić information content (AvgIpc) is 3.49. The number of piperidine rings is 1. The molecule has 0 N–H and O–H groups in total. The Morgan fingerprint density at radius 3 is 2.46 bits per heavy atom. The minimum Gasteiger partial charge on any atom is -0.484 e. The van der Waals surface area contributed by atoms with E-state index < -0.39 is 0 Å². The summed E-state index contributed by atoms with van der Waals surface area (Å²) >= 11 is 0. The molecule has 4 aromatic rings. The number of likely N-dealkylation sites (tertiary alicyclic amines) is 1. The van der Waals surface area contributed by atoms with Gasteiger partial charge in [0.15, 0.2) is 12.4 Å². The lowest BCUT2D eigenvalue weighted by Crippen LogP contribution is -2.38. The maximum atomic E-state index is 13.4. The van der Waals surface area contributed by atoms with Crippen LogP contribution in [-0.4, -0.2) is 38.6 Å². The number of halogens is 1. The van der Waals surface area contributed by atoms with E-state index in [2.05, 4.69) is 14.7 Å². The van der Waals surface area contributed by atoms with E-state index in [1.54, 1.807) is 12.1 Å². The van der Waals surface area contributed by atoms with Crippen LogP contribution in [0, 0.1) is 26.6 Å². The van der Waals surface area contributed by atoms with Crippen molar-refractivity contribution in [2.75, 3.05) is 13.1 Å². The second-order valence-electron chi connectivity index (χ2n) is 9.71. The number of nitrogens with zero attached hydrogens (tertiary/aromatic N) is 4. The molecule has 0 atom stereocenters. The molecule has 0 spiro atoms. The van der Waals surface area contributed by atoms with Crippen LogP contribution < -0.4 is 4.74 Å². The van der Waals surface area contributed by atoms with Gasteiger partial charge in [-0.15, -0.1) is 0 Å². The Labute approximate surface area is 215 Å². The summed E-state index contributed by atoms with van der Waals surface area (Å²) in [7, 11) is 0. The van der Waals surface area contributed by atoms with Crippen molar-refractivity contribution < 1.29 is 18.4 Å². The van der Waals surface area contributed by atoms with Gasteiger partial charge in [-0.2, -0.15) is 4.98 Å². The number of carbonyl (C=O) groups excluding carboxylic acids is 1. The lowest BCUT2D eigenvalue weighted by Gasteiger charge is -2.30. The fraction of sp³-hybridized carbons (Fsp3) is 0.345. The lowest BCUT2D eigenvalue weighted by atomic mass is 9.95. The molecule has 0 radical (unpaired) electrons. The van der Waals surface area contributed by atoms with Crippen molar-refractivity contribution in [2.24, 2.45) is 0 Å². The molecule has 1 fully saturated rings. The zero-order valence-electron chi connectivity index (χ0n) is 21.4. The van der Waals surface area contributed by atoms with E-state index >= 15 is 0 Å². The third kappa shape index (κ3) is 5.58. The zero-order valence-corrected chi connectivity index (χ0v) is 21.4. The first-order chi connectivity index (χ1) is 17.9. The van der Waals surface area contributed by atoms with Crippen molar-refractivity contribution >= 4 is 5.91 Å². The third-order valence-corrected chi connectivity index (χ3v) is 7.07. The number of rotatable bonds is 7. The van der Waals surface area contributed by atoms with Gasteiger partial charge in [-0.1, -0.05) is 35.0 Å². The number of carbonyl (C=O) groups is 1. The molecule has 0 aliphatic carbocycles. The Balaban J connectivity index is 1.17. The fourth-order valence-corrected chi connectivity index (χ4v) is 4.82. The second kappa shape index (κ2) is 10.6. The van der Waals surface area contributed by atoms with E-state index in [9.17, 15) is 9.18 Å². The highest BCUT2D eigenvalue weighted by Crippen LogP contribution is 2.28. The van der Waals surface area contributed by atoms with E-state index in [-0.39, 0.29) is 24.2 Å². The van der Waals surface area contributed by atoms with Gasteiger partial charge >= 0.3 is 0 Å². The Morgan fingerprint density at radius 1 is 1.05 bits per heavy atom. The van der Waals surface area contributed by atoms with Crippen molar-refractivity contribution in [3.63, 3.8) is 0 Å². The van der Waals surface area contributed by atoms with Crippen molar-refractivity contribution in [1.82, 2.24) is 19.6 Å². The number of aryl methyl sites for hydroxylation is 2. The van der Waals surface area contributed by atoms with Crippen molar-refractivity contribution in [3.8, 4) is 5.75 Å². The molecule has 37 heavy (non-hydrogen) atoms. The Morgan fingerprint density at radius 2 is 1.76 bits per heavy atom. The highest BCUT2D eigenvalue weighted by Gasteiger charge is 2.29. The SMILES string of the molecule is Cc1ccc(OCc2nc(C3CCN(C(=O)c4cc(C)n(Cc5ccc(F)cc5)c4C)CC3)no2)cc1. The summed E-state index contributed by atoms with van der Waals surface area (Å²) in [4.78, 5) is 19.8. The van der Waals surface area contributed by atoms with E-state index in [4.69, 9.17) is 9.26 Å². The van der Waals surface area contributed by atoms with E-state index in [0.717, 1.165) is 35.5 Å². The van der Waals surface area contributed by atoms with Gasteiger partial charge in [0.25, 0.3) is 11.8 Å². The molecule has 8 heteroatoms. The molecule has 1 aliphatic heterocycles. The predicted molar refractivity (Wildman–Crippen MR) is 137 cm³/mol. The third-order valence-electron chi connectivity index (χ3n) is 7.07. The maximum absolute atomic E-state index is 13.4. The number of hydrogen-bond acceptors (Lipinski definition) is 5. The highest BCUT2D eigenvalue weighted by molar-refractivity contribution is 5.95. The van der Waals surface area contributed by atoms with Crippen LogP contribution in [0.15, 0.2) is 59.1 Å². The van der Waals surface area contributed by atoms with Gasteiger partial charge in [0, 0.05) is 36.9 Å². The van der Waals surface area contributed by atoms with Crippen molar-refractivity contribution in [3.05, 3.63) is 100 Å². The average molecular weight is 503 g/mol. The molecule has 192 valence electrons. The maximum Gasteiger partial charge on any atom is 0.264 e. The lowest BCUT2D eigenvalue weighted by molar-refractivity contribution is 0.0709. The van der Waals surface area contributed by atoms with E-state index in [1.165, 1.54) is 17.7 Å². The summed E-state index contributed by atoms with van der Waals surface area (Å²) in [6.45, 7) is 8.08. The molecule has 2 aromatic carbocycles. The van der Waals surface area contributed by atoms with Crippen LogP contribution in [-0.2, 0) is 13.2 Å². The summed E-state index contributed by atoms with van der Waals surface area (Å²) in [6.07, 6.45) is 1.55. The first kappa shape index (κ1) is 24.7. The highest BCUT2D eigenvalue weighted by atomic mass is 19.1. The normalized spacial score (nSPS) is 14.2. The number of ether oxygens (including phenoxy) is 1. The van der Waals surface area contributed by atoms with Crippen LogP contribution in [0.1, 0.15) is 63.3 Å². The number of benzene rings is 2. The van der Waals surface area contributed by atoms with Crippen LogP contribution in [0.3, 0.4) is 0 Å². The number of hydrogen-bond donors (Lipinski definition) is 0. The van der Waals surface area contributed by atoms with Gasteiger partial charge in [-0.3, -0.25) is 4.79 Å². The number of aromatic nitrogens is 3. The van der Waals surface area contributed by atoms with Crippen LogP contribution >= 0.6 is 0 Å². The van der Waals surface area contributed by atoms with E-state index in [0.29, 0.717) is 36.9 Å². The second-order valence-corrected chi connectivity index (χ2v) is 9.71. The fourth-order valence-electron chi connectivity index (χ4n) is 4.82. The monoisotopic (exact) mass is 502 g/mol. The summed E-state index contributed by atoms with van der Waals surface area (Å²) in [5.41, 5.74) is 4.81. The Bertz CT molecular complexity index is 1370. The smallest absolute Gasteiger partial charge is 0.264 e. The van der Waals surface area contributed by atoms with Crippen LogP contribution in [0.25, 0.3) is 0 Å². The topological polar surface area (TPSA) is 73.4 Å². The van der Waals surface area contributed by atoms with Crippen LogP contribution in [0.5, 0.6) is 5.75 Å². The molecule has 3 heterocycles. The van der Waals surface area contributed by atoms with Crippen molar-refractivity contribution in [1.29, 1.82) is 0 Å². The summed E-state index contributed by atoms with van der Waals surface area (Å²) < 4.78 is 26.5. The van der Waals surface area contributed by atoms with Gasteiger partial charge in [-0.05, 0) is 69.5 Å². The van der Waals surface area contributed by atoms with E-state index in [1.807, 2.05) is 56.0 Å². The molecule has 0 bridgehead atoms. The summed E-state index contributed by atoms with van der Waals surface area (Å²) in [6, 6.07) is 16.2. The molecule has 0 saturated carbocycles. The first-order valence-electron chi connectivity index (χ1n) is 12.6. The van der Waals surface area contributed by atoms with Crippen LogP contribution in [0.2, 0.25) is 0 Å². The Hall–Kier alpha value is -3.94.